The van der Waals surface area contributed by atoms with Crippen LogP contribution in [0, 0.1) is 5.41 Å². The van der Waals surface area contributed by atoms with E-state index >= 15 is 0 Å². The summed E-state index contributed by atoms with van der Waals surface area (Å²) in [6.07, 6.45) is 0. The molecule has 0 spiro atoms. The molecule has 0 fully saturated rings. The highest BCUT2D eigenvalue weighted by Gasteiger charge is 2.21. The summed E-state index contributed by atoms with van der Waals surface area (Å²) < 4.78 is 32.2. The largest absolute Gasteiger partial charge is 0.484 e. The lowest BCUT2D eigenvalue weighted by molar-refractivity contribution is -0.123. The molecule has 0 unspecified atom stereocenters. The smallest absolute Gasteiger partial charge is 0.257 e. The van der Waals surface area contributed by atoms with Crippen LogP contribution in [0.25, 0.3) is 0 Å². The zero-order valence-electron chi connectivity index (χ0n) is 16.8. The van der Waals surface area contributed by atoms with Crippen LogP contribution in [0.1, 0.15) is 26.3 Å². The Morgan fingerprint density at radius 1 is 1.04 bits per heavy atom. The summed E-state index contributed by atoms with van der Waals surface area (Å²) in [6.45, 7) is 6.82. The van der Waals surface area contributed by atoms with Gasteiger partial charge in [0.05, 0.1) is 4.90 Å². The Bertz CT molecular complexity index is 873. The quantitative estimate of drug-likeness (QED) is 0.734. The van der Waals surface area contributed by atoms with Gasteiger partial charge in [-0.25, -0.2) is 8.42 Å². The summed E-state index contributed by atoms with van der Waals surface area (Å²) in [6, 6.07) is 15.5. The Morgan fingerprint density at radius 2 is 1.64 bits per heavy atom. The summed E-state index contributed by atoms with van der Waals surface area (Å²) in [5.41, 5.74) is 0.909. The molecule has 152 valence electrons. The van der Waals surface area contributed by atoms with Crippen molar-refractivity contribution in [3.8, 4) is 5.75 Å². The molecule has 7 heteroatoms. The average Bonchev–Trinajstić information content (AvgIpc) is 2.65. The molecular formula is C21H28N2O4S. The number of sulfonamides is 1. The zero-order chi connectivity index (χ0) is 20.8. The first-order chi connectivity index (χ1) is 13.1. The molecule has 0 radical (unpaired) electrons. The van der Waals surface area contributed by atoms with E-state index in [1.165, 1.54) is 16.4 Å². The lowest BCUT2D eigenvalue weighted by Gasteiger charge is -2.19. The Morgan fingerprint density at radius 3 is 2.21 bits per heavy atom. The lowest BCUT2D eigenvalue weighted by Crippen LogP contribution is -2.35. The van der Waals surface area contributed by atoms with E-state index in [2.05, 4.69) is 5.32 Å². The molecule has 0 saturated heterocycles. The minimum absolute atomic E-state index is 0.00254. The van der Waals surface area contributed by atoms with Crippen molar-refractivity contribution in [1.29, 1.82) is 0 Å². The number of rotatable bonds is 8. The first kappa shape index (κ1) is 21.9. The van der Waals surface area contributed by atoms with Crippen molar-refractivity contribution in [3.63, 3.8) is 0 Å². The fraction of sp³-hybridized carbons (Fsp3) is 0.381. The Balaban J connectivity index is 1.94. The molecule has 1 amide bonds. The number of amides is 1. The summed E-state index contributed by atoms with van der Waals surface area (Å²) in [5, 5.41) is 2.80. The third kappa shape index (κ3) is 6.65. The van der Waals surface area contributed by atoms with Crippen molar-refractivity contribution in [2.75, 3.05) is 20.2 Å². The van der Waals surface area contributed by atoms with E-state index in [4.69, 9.17) is 4.74 Å². The minimum atomic E-state index is -3.61. The Labute approximate surface area is 167 Å². The van der Waals surface area contributed by atoms with Crippen LogP contribution in [-0.2, 0) is 21.4 Å². The standard InChI is InChI=1S/C21H28N2O4S/c1-21(2,3)16-22-20(24)15-27-18-10-12-19(13-11-18)28(25,26)23(4)14-17-8-6-5-7-9-17/h5-13H,14-16H2,1-4H3,(H,22,24). The SMILES string of the molecule is CN(Cc1ccccc1)S(=O)(=O)c1ccc(OCC(=O)NCC(C)(C)C)cc1. The molecule has 1 N–H and O–H groups in total. The van der Waals surface area contributed by atoms with Crippen LogP contribution >= 0.6 is 0 Å². The van der Waals surface area contributed by atoms with Gasteiger partial charge in [-0.05, 0) is 35.2 Å². The van der Waals surface area contributed by atoms with Gasteiger partial charge >= 0.3 is 0 Å². The van der Waals surface area contributed by atoms with Gasteiger partial charge in [0.15, 0.2) is 6.61 Å². The van der Waals surface area contributed by atoms with E-state index in [0.717, 1.165) is 5.56 Å². The second-order valence-corrected chi connectivity index (χ2v) is 9.89. The maximum atomic E-state index is 12.7. The van der Waals surface area contributed by atoms with Crippen LogP contribution in [0.15, 0.2) is 59.5 Å². The highest BCUT2D eigenvalue weighted by atomic mass is 32.2. The molecule has 0 saturated carbocycles. The van der Waals surface area contributed by atoms with E-state index in [-0.39, 0.29) is 29.4 Å². The Hall–Kier alpha value is -2.38. The van der Waals surface area contributed by atoms with Crippen molar-refractivity contribution in [1.82, 2.24) is 9.62 Å². The van der Waals surface area contributed by atoms with Crippen LogP contribution in [0.4, 0.5) is 0 Å². The molecule has 2 aromatic rings. The van der Waals surface area contributed by atoms with Crippen molar-refractivity contribution < 1.29 is 17.9 Å². The summed E-state index contributed by atoms with van der Waals surface area (Å²) >= 11 is 0. The predicted octanol–water partition coefficient (Wildman–Crippen LogP) is 3.05. The first-order valence-electron chi connectivity index (χ1n) is 9.08. The summed E-state index contributed by atoms with van der Waals surface area (Å²) in [5.74, 6) is 0.227. The van der Waals surface area contributed by atoms with E-state index in [1.807, 2.05) is 51.1 Å². The van der Waals surface area contributed by atoms with Crippen LogP contribution in [0.5, 0.6) is 5.75 Å². The lowest BCUT2D eigenvalue weighted by atomic mass is 9.97. The topological polar surface area (TPSA) is 75.7 Å². The molecule has 0 atom stereocenters. The summed E-state index contributed by atoms with van der Waals surface area (Å²) in [4.78, 5) is 12.0. The molecule has 0 bridgehead atoms. The van der Waals surface area contributed by atoms with Gasteiger partial charge in [-0.1, -0.05) is 51.1 Å². The van der Waals surface area contributed by atoms with Crippen LogP contribution in [-0.4, -0.2) is 38.8 Å². The highest BCUT2D eigenvalue weighted by molar-refractivity contribution is 7.89. The van der Waals surface area contributed by atoms with Crippen LogP contribution < -0.4 is 10.1 Å². The fourth-order valence-electron chi connectivity index (χ4n) is 2.38. The summed E-state index contributed by atoms with van der Waals surface area (Å²) in [7, 11) is -2.06. The third-order valence-electron chi connectivity index (χ3n) is 3.97. The molecule has 0 heterocycles. The van der Waals surface area contributed by atoms with Crippen molar-refractivity contribution >= 4 is 15.9 Å². The van der Waals surface area contributed by atoms with Gasteiger partial charge in [0.2, 0.25) is 10.0 Å². The number of carbonyl (C=O) groups is 1. The molecule has 0 aromatic heterocycles. The van der Waals surface area contributed by atoms with Crippen LogP contribution in [0.3, 0.4) is 0 Å². The molecule has 2 aromatic carbocycles. The number of hydrogen-bond acceptors (Lipinski definition) is 4. The molecule has 28 heavy (non-hydrogen) atoms. The van der Waals surface area contributed by atoms with E-state index in [0.29, 0.717) is 12.3 Å². The number of ether oxygens (including phenoxy) is 1. The Kier molecular flexibility index (Phi) is 7.21. The van der Waals surface area contributed by atoms with Gasteiger partial charge < -0.3 is 10.1 Å². The number of benzene rings is 2. The number of hydrogen-bond donors (Lipinski definition) is 1. The molecule has 0 aliphatic heterocycles. The minimum Gasteiger partial charge on any atom is -0.484 e. The van der Waals surface area contributed by atoms with Crippen molar-refractivity contribution in [3.05, 3.63) is 60.2 Å². The molecule has 0 aliphatic rings. The monoisotopic (exact) mass is 404 g/mol. The van der Waals surface area contributed by atoms with Gasteiger partial charge in [-0.3, -0.25) is 4.79 Å². The molecule has 6 nitrogen and oxygen atoms in total. The van der Waals surface area contributed by atoms with Gasteiger partial charge in [0, 0.05) is 20.1 Å². The van der Waals surface area contributed by atoms with Gasteiger partial charge in [0.25, 0.3) is 5.91 Å². The zero-order valence-corrected chi connectivity index (χ0v) is 17.6. The average molecular weight is 405 g/mol. The molecule has 0 aliphatic carbocycles. The maximum Gasteiger partial charge on any atom is 0.257 e. The van der Waals surface area contributed by atoms with Gasteiger partial charge in [-0.2, -0.15) is 4.31 Å². The number of nitrogens with one attached hydrogen (secondary N) is 1. The second kappa shape index (κ2) is 9.21. The second-order valence-electron chi connectivity index (χ2n) is 7.84. The van der Waals surface area contributed by atoms with E-state index in [1.54, 1.807) is 19.2 Å². The molecular weight excluding hydrogens is 376 g/mol. The maximum absolute atomic E-state index is 12.7. The fourth-order valence-corrected chi connectivity index (χ4v) is 3.54. The van der Waals surface area contributed by atoms with Crippen molar-refractivity contribution in [2.45, 2.75) is 32.2 Å². The molecule has 2 rings (SSSR count). The van der Waals surface area contributed by atoms with E-state index < -0.39 is 10.0 Å². The first-order valence-corrected chi connectivity index (χ1v) is 10.5. The van der Waals surface area contributed by atoms with Crippen LogP contribution in [0.2, 0.25) is 0 Å². The number of carbonyl (C=O) groups excluding carboxylic acids is 1. The predicted molar refractivity (Wildman–Crippen MR) is 109 cm³/mol. The van der Waals surface area contributed by atoms with Gasteiger partial charge in [-0.15, -0.1) is 0 Å². The van der Waals surface area contributed by atoms with E-state index in [9.17, 15) is 13.2 Å². The highest BCUT2D eigenvalue weighted by Crippen LogP contribution is 2.20. The number of nitrogens with zero attached hydrogens (tertiary/aromatic N) is 1. The normalized spacial score (nSPS) is 12.0. The van der Waals surface area contributed by atoms with Gasteiger partial charge in [0.1, 0.15) is 5.75 Å². The van der Waals surface area contributed by atoms with Crippen molar-refractivity contribution in [2.24, 2.45) is 5.41 Å². The third-order valence-corrected chi connectivity index (χ3v) is 5.78.